The van der Waals surface area contributed by atoms with Crippen LogP contribution in [0.25, 0.3) is 33.0 Å². The maximum absolute atomic E-state index is 7.10. The van der Waals surface area contributed by atoms with Gasteiger partial charge in [0.25, 0.3) is 0 Å². The second kappa shape index (κ2) is 12.3. The number of benzene rings is 8. The average molecular weight is 706 g/mol. The Morgan fingerprint density at radius 3 is 1.87 bits per heavy atom. The molecular weight excluding hydrogens is 671 g/mol. The zero-order chi connectivity index (χ0) is 36.5. The molecule has 2 heterocycles. The molecule has 0 saturated carbocycles. The Bertz CT molecular complexity index is 2840. The van der Waals surface area contributed by atoms with E-state index in [1.807, 2.05) is 18.2 Å². The molecule has 0 amide bonds. The summed E-state index contributed by atoms with van der Waals surface area (Å²) in [6.07, 6.45) is -0.362. The van der Waals surface area contributed by atoms with Crippen molar-refractivity contribution >= 4 is 22.4 Å². The van der Waals surface area contributed by atoms with Gasteiger partial charge in [-0.15, -0.1) is 0 Å². The minimum Gasteiger partial charge on any atom is -0.456 e. The molecule has 260 valence electrons. The molecule has 0 bridgehead atoms. The first-order chi connectivity index (χ1) is 27.2. The second-order valence-corrected chi connectivity index (χ2v) is 14.5. The maximum Gasteiger partial charge on any atom is 0.159 e. The van der Waals surface area contributed by atoms with E-state index in [0.29, 0.717) is 5.84 Å². The number of para-hydroxylation sites is 2. The van der Waals surface area contributed by atoms with E-state index in [0.717, 1.165) is 56.3 Å². The van der Waals surface area contributed by atoms with Crippen LogP contribution in [0.3, 0.4) is 0 Å². The normalized spacial score (nSPS) is 16.0. The van der Waals surface area contributed by atoms with E-state index in [4.69, 9.17) is 14.7 Å². The summed E-state index contributed by atoms with van der Waals surface area (Å²) >= 11 is 0. The quantitative estimate of drug-likeness (QED) is 0.183. The molecule has 0 N–H and O–H groups in total. The zero-order valence-corrected chi connectivity index (χ0v) is 30.2. The van der Waals surface area contributed by atoms with Crippen LogP contribution in [0.4, 0.5) is 0 Å². The van der Waals surface area contributed by atoms with E-state index in [2.05, 4.69) is 182 Å². The van der Waals surface area contributed by atoms with E-state index < -0.39 is 5.41 Å². The fraction of sp³-hybridized carbons (Fsp3) is 0.0588. The minimum atomic E-state index is -0.543. The summed E-state index contributed by atoms with van der Waals surface area (Å²) in [6.45, 7) is 0. The van der Waals surface area contributed by atoms with E-state index >= 15 is 0 Å². The van der Waals surface area contributed by atoms with Crippen molar-refractivity contribution in [3.05, 3.63) is 227 Å². The van der Waals surface area contributed by atoms with Gasteiger partial charge in [-0.1, -0.05) is 176 Å². The van der Waals surface area contributed by atoms with Crippen LogP contribution in [-0.2, 0) is 5.41 Å². The summed E-state index contributed by atoms with van der Waals surface area (Å²) in [5.74, 6) is 3.32. The average Bonchev–Trinajstić information content (AvgIpc) is 3.54. The molecule has 8 aromatic carbocycles. The second-order valence-electron chi connectivity index (χ2n) is 14.5. The van der Waals surface area contributed by atoms with E-state index in [1.165, 1.54) is 33.0 Å². The Balaban J connectivity index is 1.12. The van der Waals surface area contributed by atoms with Crippen molar-refractivity contribution in [1.29, 1.82) is 0 Å². The summed E-state index contributed by atoms with van der Waals surface area (Å²) in [5.41, 5.74) is 12.0. The number of ether oxygens (including phenoxy) is 1. The fourth-order valence-electron chi connectivity index (χ4n) is 9.19. The van der Waals surface area contributed by atoms with Crippen LogP contribution in [0.1, 0.15) is 45.1 Å². The van der Waals surface area contributed by atoms with Gasteiger partial charge in [-0.25, -0.2) is 9.98 Å². The predicted molar refractivity (Wildman–Crippen MR) is 223 cm³/mol. The van der Waals surface area contributed by atoms with Crippen LogP contribution < -0.4 is 4.74 Å². The zero-order valence-electron chi connectivity index (χ0n) is 30.2. The van der Waals surface area contributed by atoms with Crippen LogP contribution in [-0.4, -0.2) is 23.6 Å². The molecule has 0 aromatic heterocycles. The van der Waals surface area contributed by atoms with Gasteiger partial charge in [0.15, 0.2) is 12.0 Å². The van der Waals surface area contributed by atoms with Crippen LogP contribution in [0, 0.1) is 0 Å². The van der Waals surface area contributed by atoms with Gasteiger partial charge in [0.05, 0.1) is 5.41 Å². The van der Waals surface area contributed by atoms with Crippen molar-refractivity contribution in [1.82, 2.24) is 4.90 Å². The molecule has 1 spiro atoms. The molecule has 1 aliphatic carbocycles. The van der Waals surface area contributed by atoms with Crippen LogP contribution in [0.15, 0.2) is 198 Å². The van der Waals surface area contributed by atoms with Gasteiger partial charge in [-0.3, -0.25) is 0 Å². The van der Waals surface area contributed by atoms with E-state index in [1.54, 1.807) is 0 Å². The number of hydrogen-bond donors (Lipinski definition) is 0. The van der Waals surface area contributed by atoms with Gasteiger partial charge >= 0.3 is 0 Å². The molecule has 3 aliphatic rings. The molecule has 0 saturated heterocycles. The van der Waals surface area contributed by atoms with Crippen LogP contribution in [0.5, 0.6) is 11.5 Å². The summed E-state index contributed by atoms with van der Waals surface area (Å²) in [4.78, 5) is 12.9. The molecule has 1 unspecified atom stereocenters. The third-order valence-electron chi connectivity index (χ3n) is 11.6. The monoisotopic (exact) mass is 705 g/mol. The van der Waals surface area contributed by atoms with Gasteiger partial charge in [0, 0.05) is 40.4 Å². The van der Waals surface area contributed by atoms with Crippen molar-refractivity contribution < 1.29 is 4.74 Å². The first-order valence-electron chi connectivity index (χ1n) is 18.8. The highest BCUT2D eigenvalue weighted by molar-refractivity contribution is 6.14. The summed E-state index contributed by atoms with van der Waals surface area (Å²) in [6, 6.07) is 67.0. The van der Waals surface area contributed by atoms with Crippen molar-refractivity contribution in [2.75, 3.05) is 7.05 Å². The smallest absolute Gasteiger partial charge is 0.159 e. The first-order valence-corrected chi connectivity index (χ1v) is 18.8. The number of hydrogen-bond acceptors (Lipinski definition) is 4. The van der Waals surface area contributed by atoms with Crippen molar-refractivity contribution in [2.24, 2.45) is 9.98 Å². The van der Waals surface area contributed by atoms with E-state index in [-0.39, 0.29) is 6.17 Å². The number of aliphatic imine (C=N–C) groups is 2. The Morgan fingerprint density at radius 2 is 1.09 bits per heavy atom. The van der Waals surface area contributed by atoms with Gasteiger partial charge in [0.1, 0.15) is 17.3 Å². The number of nitrogens with zero attached hydrogens (tertiary/aromatic N) is 3. The molecular formula is C51H35N3O. The first kappa shape index (κ1) is 31.5. The highest BCUT2D eigenvalue weighted by Crippen LogP contribution is 2.63. The van der Waals surface area contributed by atoms with Gasteiger partial charge in [0.2, 0.25) is 0 Å². The lowest BCUT2D eigenvalue weighted by Gasteiger charge is -2.40. The number of amidine groups is 2. The summed E-state index contributed by atoms with van der Waals surface area (Å²) in [5, 5.41) is 2.37. The lowest BCUT2D eigenvalue weighted by atomic mass is 9.65. The summed E-state index contributed by atoms with van der Waals surface area (Å²) in [7, 11) is 2.11. The number of fused-ring (bicyclic) bond motifs is 10. The molecule has 2 aliphatic heterocycles. The van der Waals surface area contributed by atoms with Crippen molar-refractivity contribution in [3.8, 4) is 33.8 Å². The maximum atomic E-state index is 7.10. The Hall–Kier alpha value is -7.04. The third-order valence-corrected chi connectivity index (χ3v) is 11.6. The SMILES string of the molecule is CN1C(c2ccc3ccccc3c2)=NC(c2ccccc2)=NC1c1ccccc1-c1cccc2c1Oc1ccccc1C21c2ccccc2-c2ccccc21. The Morgan fingerprint density at radius 1 is 0.491 bits per heavy atom. The Kier molecular flexibility index (Phi) is 7.02. The lowest BCUT2D eigenvalue weighted by Crippen LogP contribution is -2.36. The molecule has 0 radical (unpaired) electrons. The van der Waals surface area contributed by atoms with Gasteiger partial charge < -0.3 is 9.64 Å². The van der Waals surface area contributed by atoms with Crippen molar-refractivity contribution in [2.45, 2.75) is 11.6 Å². The highest BCUT2D eigenvalue weighted by Gasteiger charge is 2.51. The molecule has 0 fully saturated rings. The van der Waals surface area contributed by atoms with Gasteiger partial charge in [-0.2, -0.15) is 0 Å². The fourth-order valence-corrected chi connectivity index (χ4v) is 9.19. The largest absolute Gasteiger partial charge is 0.456 e. The molecule has 8 aromatic rings. The predicted octanol–water partition coefficient (Wildman–Crippen LogP) is 11.8. The van der Waals surface area contributed by atoms with E-state index in [9.17, 15) is 0 Å². The van der Waals surface area contributed by atoms with Crippen molar-refractivity contribution in [3.63, 3.8) is 0 Å². The van der Waals surface area contributed by atoms with Crippen LogP contribution in [0.2, 0.25) is 0 Å². The highest BCUT2D eigenvalue weighted by atomic mass is 16.5. The molecule has 4 heteroatoms. The molecule has 4 nitrogen and oxygen atoms in total. The molecule has 11 rings (SSSR count). The van der Waals surface area contributed by atoms with Crippen LogP contribution >= 0.6 is 0 Å². The lowest BCUT2D eigenvalue weighted by molar-refractivity contribution is 0.383. The number of rotatable bonds is 4. The summed E-state index contributed by atoms with van der Waals surface area (Å²) < 4.78 is 7.10. The minimum absolute atomic E-state index is 0.362. The molecule has 55 heavy (non-hydrogen) atoms. The van der Waals surface area contributed by atoms with Gasteiger partial charge in [-0.05, 0) is 50.7 Å². The third kappa shape index (κ3) is 4.64. The molecule has 1 atom stereocenters. The standard InChI is InChI=1S/C51H35N3O/c1-54-49(36-31-30-33-16-5-6-19-35(33)32-36)52-48(34-17-3-2-4-18-34)53-50(54)41-23-8-7-20-37(41)40-24-15-28-45-47(40)55-46-29-14-13-27-44(46)51(45)42-25-11-9-21-38(42)39-22-10-12-26-43(39)51/h2-32,50H,1H3. The Labute approximate surface area is 320 Å². The topological polar surface area (TPSA) is 37.2 Å².